The SMILES string of the molecule is Cc1ccc(NC(=S)NC(=O)C=Cc2ccc(Cl)cc2)cc1C. The fourth-order valence-corrected chi connectivity index (χ4v) is 2.23. The molecule has 0 saturated heterocycles. The summed E-state index contributed by atoms with van der Waals surface area (Å²) in [4.78, 5) is 11.9. The van der Waals surface area contributed by atoms with Crippen LogP contribution in [0.3, 0.4) is 0 Å². The molecule has 0 spiro atoms. The molecule has 0 bridgehead atoms. The van der Waals surface area contributed by atoms with Gasteiger partial charge >= 0.3 is 0 Å². The quantitative estimate of drug-likeness (QED) is 0.637. The lowest BCUT2D eigenvalue weighted by Crippen LogP contribution is -2.32. The van der Waals surface area contributed by atoms with Gasteiger partial charge in [0.1, 0.15) is 0 Å². The van der Waals surface area contributed by atoms with Gasteiger partial charge in [-0.3, -0.25) is 10.1 Å². The van der Waals surface area contributed by atoms with E-state index in [4.69, 9.17) is 23.8 Å². The Kier molecular flexibility index (Phi) is 5.90. The molecule has 1 amide bonds. The molecule has 3 nitrogen and oxygen atoms in total. The first-order valence-corrected chi connectivity index (χ1v) is 7.85. The Bertz CT molecular complexity index is 754. The van der Waals surface area contributed by atoms with Crippen LogP contribution in [0.2, 0.25) is 5.02 Å². The topological polar surface area (TPSA) is 41.1 Å². The Hall–Kier alpha value is -2.17. The van der Waals surface area contributed by atoms with E-state index in [1.807, 2.05) is 44.2 Å². The van der Waals surface area contributed by atoms with E-state index in [2.05, 4.69) is 10.6 Å². The van der Waals surface area contributed by atoms with Gasteiger partial charge in [0.05, 0.1) is 0 Å². The summed E-state index contributed by atoms with van der Waals surface area (Å²) in [6.07, 6.45) is 3.13. The number of carbonyl (C=O) groups is 1. The normalized spacial score (nSPS) is 10.6. The van der Waals surface area contributed by atoms with Crippen LogP contribution in [-0.4, -0.2) is 11.0 Å². The van der Waals surface area contributed by atoms with Gasteiger partial charge in [-0.2, -0.15) is 0 Å². The van der Waals surface area contributed by atoms with Crippen molar-refractivity contribution in [1.82, 2.24) is 5.32 Å². The van der Waals surface area contributed by atoms with Crippen molar-refractivity contribution in [3.8, 4) is 0 Å². The van der Waals surface area contributed by atoms with Crippen LogP contribution >= 0.6 is 23.8 Å². The zero-order chi connectivity index (χ0) is 16.8. The molecule has 5 heteroatoms. The molecule has 0 saturated carbocycles. The van der Waals surface area contributed by atoms with Crippen molar-refractivity contribution >= 4 is 46.6 Å². The number of aryl methyl sites for hydroxylation is 2. The maximum absolute atomic E-state index is 11.9. The van der Waals surface area contributed by atoms with Crippen LogP contribution in [-0.2, 0) is 4.79 Å². The van der Waals surface area contributed by atoms with Crippen LogP contribution < -0.4 is 10.6 Å². The van der Waals surface area contributed by atoms with Crippen molar-refractivity contribution < 1.29 is 4.79 Å². The highest BCUT2D eigenvalue weighted by molar-refractivity contribution is 7.80. The summed E-state index contributed by atoms with van der Waals surface area (Å²) < 4.78 is 0. The van der Waals surface area contributed by atoms with Crippen molar-refractivity contribution in [2.24, 2.45) is 0 Å². The van der Waals surface area contributed by atoms with E-state index < -0.39 is 0 Å². The van der Waals surface area contributed by atoms with Crippen LogP contribution in [0.25, 0.3) is 6.08 Å². The minimum Gasteiger partial charge on any atom is -0.332 e. The first kappa shape index (κ1) is 17.2. The lowest BCUT2D eigenvalue weighted by Gasteiger charge is -2.09. The van der Waals surface area contributed by atoms with Gasteiger partial charge in [0, 0.05) is 16.8 Å². The average Bonchev–Trinajstić information content (AvgIpc) is 2.50. The molecule has 118 valence electrons. The Morgan fingerprint density at radius 3 is 2.43 bits per heavy atom. The maximum Gasteiger partial charge on any atom is 0.250 e. The molecule has 0 aliphatic heterocycles. The van der Waals surface area contributed by atoms with Gasteiger partial charge in [0.15, 0.2) is 5.11 Å². The largest absolute Gasteiger partial charge is 0.332 e. The van der Waals surface area contributed by atoms with Gasteiger partial charge in [-0.25, -0.2) is 0 Å². The standard InChI is InChI=1S/C18H17ClN2OS/c1-12-3-9-16(11-13(12)2)20-18(23)21-17(22)10-6-14-4-7-15(19)8-5-14/h3-11H,1-2H3,(H2,20,21,22,23). The molecular weight excluding hydrogens is 328 g/mol. The van der Waals surface area contributed by atoms with E-state index in [0.29, 0.717) is 5.02 Å². The smallest absolute Gasteiger partial charge is 0.250 e. The van der Waals surface area contributed by atoms with E-state index in [-0.39, 0.29) is 11.0 Å². The molecule has 23 heavy (non-hydrogen) atoms. The summed E-state index contributed by atoms with van der Waals surface area (Å²) in [5.41, 5.74) is 4.10. The lowest BCUT2D eigenvalue weighted by molar-refractivity contribution is -0.115. The van der Waals surface area contributed by atoms with Gasteiger partial charge in [-0.05, 0) is 73.1 Å². The van der Waals surface area contributed by atoms with E-state index in [1.165, 1.54) is 11.6 Å². The van der Waals surface area contributed by atoms with Gasteiger partial charge in [-0.15, -0.1) is 0 Å². The van der Waals surface area contributed by atoms with Crippen molar-refractivity contribution in [2.45, 2.75) is 13.8 Å². The number of amides is 1. The molecule has 0 aromatic heterocycles. The second-order valence-corrected chi connectivity index (χ2v) is 5.97. The highest BCUT2D eigenvalue weighted by atomic mass is 35.5. The molecule has 0 fully saturated rings. The minimum absolute atomic E-state index is 0.263. The number of carbonyl (C=O) groups excluding carboxylic acids is 1. The summed E-state index contributed by atoms with van der Waals surface area (Å²) in [6.45, 7) is 4.07. The molecule has 0 atom stereocenters. The molecule has 2 N–H and O–H groups in total. The number of benzene rings is 2. The van der Waals surface area contributed by atoms with Crippen molar-refractivity contribution in [1.29, 1.82) is 0 Å². The highest BCUT2D eigenvalue weighted by Crippen LogP contribution is 2.14. The monoisotopic (exact) mass is 344 g/mol. The fourth-order valence-electron chi connectivity index (χ4n) is 1.88. The fraction of sp³-hybridized carbons (Fsp3) is 0.111. The third kappa shape index (κ3) is 5.51. The van der Waals surface area contributed by atoms with Gasteiger partial charge < -0.3 is 5.32 Å². The molecule has 0 aliphatic carbocycles. The van der Waals surface area contributed by atoms with Crippen molar-refractivity contribution in [3.63, 3.8) is 0 Å². The third-order valence-electron chi connectivity index (χ3n) is 3.30. The summed E-state index contributed by atoms with van der Waals surface area (Å²) in [6, 6.07) is 13.1. The second-order valence-electron chi connectivity index (χ2n) is 5.13. The van der Waals surface area contributed by atoms with E-state index in [1.54, 1.807) is 18.2 Å². The molecule has 2 rings (SSSR count). The van der Waals surface area contributed by atoms with E-state index in [9.17, 15) is 4.79 Å². The van der Waals surface area contributed by atoms with Crippen molar-refractivity contribution in [2.75, 3.05) is 5.32 Å². The molecule has 0 unspecified atom stereocenters. The number of thiocarbonyl (C=S) groups is 1. The lowest BCUT2D eigenvalue weighted by atomic mass is 10.1. The Labute approximate surface area is 146 Å². The van der Waals surface area contributed by atoms with Crippen LogP contribution in [0.4, 0.5) is 5.69 Å². The first-order valence-electron chi connectivity index (χ1n) is 7.07. The number of nitrogens with one attached hydrogen (secondary N) is 2. The van der Waals surface area contributed by atoms with Crippen molar-refractivity contribution in [3.05, 3.63) is 70.3 Å². The molecule has 2 aromatic carbocycles. The van der Waals surface area contributed by atoms with Gasteiger partial charge in [-0.1, -0.05) is 29.8 Å². The molecular formula is C18H17ClN2OS. The number of anilines is 1. The average molecular weight is 345 g/mol. The predicted octanol–water partition coefficient (Wildman–Crippen LogP) is 4.48. The summed E-state index contributed by atoms with van der Waals surface area (Å²) in [5.74, 6) is -0.290. The Morgan fingerprint density at radius 2 is 1.78 bits per heavy atom. The van der Waals surface area contributed by atoms with Crippen LogP contribution in [0.5, 0.6) is 0 Å². The molecule has 0 radical (unpaired) electrons. The highest BCUT2D eigenvalue weighted by Gasteiger charge is 2.02. The maximum atomic E-state index is 11.9. The number of rotatable bonds is 3. The second kappa shape index (κ2) is 7.90. The first-order chi connectivity index (χ1) is 10.9. The number of hydrogen-bond donors (Lipinski definition) is 2. The number of hydrogen-bond acceptors (Lipinski definition) is 2. The minimum atomic E-state index is -0.290. The summed E-state index contributed by atoms with van der Waals surface area (Å²) in [5, 5.41) is 6.53. The Balaban J connectivity index is 1.90. The van der Waals surface area contributed by atoms with Crippen LogP contribution in [0, 0.1) is 13.8 Å². The van der Waals surface area contributed by atoms with Gasteiger partial charge in [0.25, 0.3) is 0 Å². The summed E-state index contributed by atoms with van der Waals surface area (Å²) >= 11 is 11.0. The van der Waals surface area contributed by atoms with E-state index >= 15 is 0 Å². The van der Waals surface area contributed by atoms with Crippen LogP contribution in [0.1, 0.15) is 16.7 Å². The zero-order valence-electron chi connectivity index (χ0n) is 12.9. The molecule has 0 aliphatic rings. The predicted molar refractivity (Wildman–Crippen MR) is 101 cm³/mol. The third-order valence-corrected chi connectivity index (χ3v) is 3.75. The number of halogens is 1. The van der Waals surface area contributed by atoms with Gasteiger partial charge in [0.2, 0.25) is 5.91 Å². The van der Waals surface area contributed by atoms with Crippen LogP contribution in [0.15, 0.2) is 48.5 Å². The molecule has 0 heterocycles. The van der Waals surface area contributed by atoms with E-state index in [0.717, 1.165) is 16.8 Å². The zero-order valence-corrected chi connectivity index (χ0v) is 14.5. The molecule has 2 aromatic rings. The summed E-state index contributed by atoms with van der Waals surface area (Å²) in [7, 11) is 0. The Morgan fingerprint density at radius 1 is 1.09 bits per heavy atom.